The molecule has 4 nitrogen and oxygen atoms in total. The molecule has 2 N–H and O–H groups in total. The lowest BCUT2D eigenvalue weighted by atomic mass is 9.75. The number of carboxylic acid groups (broad SMARTS) is 1. The molecule has 4 heteroatoms. The van der Waals surface area contributed by atoms with Crippen LogP contribution in [0, 0.1) is 5.92 Å². The van der Waals surface area contributed by atoms with Crippen LogP contribution in [0.15, 0.2) is 30.3 Å². The number of hydrogen-bond acceptors (Lipinski definition) is 3. The first-order chi connectivity index (χ1) is 8.44. The molecule has 100 valence electrons. The van der Waals surface area contributed by atoms with Crippen LogP contribution >= 0.6 is 0 Å². The van der Waals surface area contributed by atoms with Gasteiger partial charge in [-0.05, 0) is 11.5 Å². The molecule has 0 aliphatic carbocycles. The van der Waals surface area contributed by atoms with Crippen molar-refractivity contribution in [3.8, 4) is 0 Å². The second-order valence-corrected chi connectivity index (χ2v) is 4.70. The number of ether oxygens (including phenoxy) is 1. The van der Waals surface area contributed by atoms with Gasteiger partial charge in [-0.25, -0.2) is 4.79 Å². The van der Waals surface area contributed by atoms with Gasteiger partial charge in [0.05, 0.1) is 6.61 Å². The maximum Gasteiger partial charge on any atom is 0.336 e. The molecule has 1 aromatic carbocycles. The van der Waals surface area contributed by atoms with Crippen LogP contribution in [0.4, 0.5) is 0 Å². The topological polar surface area (TPSA) is 66.8 Å². The Kier molecular flexibility index (Phi) is 4.87. The van der Waals surface area contributed by atoms with Crippen molar-refractivity contribution in [1.82, 2.24) is 0 Å². The van der Waals surface area contributed by atoms with E-state index in [9.17, 15) is 15.0 Å². The van der Waals surface area contributed by atoms with Gasteiger partial charge in [0.25, 0.3) is 0 Å². The van der Waals surface area contributed by atoms with Gasteiger partial charge in [-0.1, -0.05) is 44.2 Å². The normalized spacial score (nSPS) is 16.3. The van der Waals surface area contributed by atoms with E-state index in [0.29, 0.717) is 0 Å². The van der Waals surface area contributed by atoms with Crippen LogP contribution < -0.4 is 0 Å². The first-order valence-corrected chi connectivity index (χ1v) is 5.94. The Morgan fingerprint density at radius 3 is 2.28 bits per heavy atom. The molecule has 0 aliphatic heterocycles. The molecule has 18 heavy (non-hydrogen) atoms. The average molecular weight is 252 g/mol. The van der Waals surface area contributed by atoms with Gasteiger partial charge in [-0.3, -0.25) is 0 Å². The fourth-order valence-electron chi connectivity index (χ4n) is 2.13. The van der Waals surface area contributed by atoms with Crippen LogP contribution in [-0.2, 0) is 9.53 Å². The van der Waals surface area contributed by atoms with E-state index in [1.807, 2.05) is 18.2 Å². The minimum absolute atomic E-state index is 0.158. The van der Waals surface area contributed by atoms with Crippen molar-refractivity contribution in [1.29, 1.82) is 0 Å². The Morgan fingerprint density at radius 1 is 1.33 bits per heavy atom. The van der Waals surface area contributed by atoms with Gasteiger partial charge >= 0.3 is 5.97 Å². The van der Waals surface area contributed by atoms with E-state index in [1.54, 1.807) is 26.0 Å². The van der Waals surface area contributed by atoms with Crippen molar-refractivity contribution in [2.45, 2.75) is 25.4 Å². The number of methoxy groups -OCH3 is 1. The highest BCUT2D eigenvalue weighted by Crippen LogP contribution is 2.35. The lowest BCUT2D eigenvalue weighted by Gasteiger charge is -2.35. The van der Waals surface area contributed by atoms with Gasteiger partial charge in [-0.15, -0.1) is 0 Å². The number of aliphatic carboxylic acids is 1. The van der Waals surface area contributed by atoms with Crippen LogP contribution in [0.2, 0.25) is 0 Å². The molecule has 2 unspecified atom stereocenters. The fraction of sp³-hybridized carbons (Fsp3) is 0.500. The van der Waals surface area contributed by atoms with E-state index < -0.39 is 23.4 Å². The standard InChI is InChI=1S/C14H20O4/c1-10(2)14(17,13(15)16)12(9-18-3)11-7-5-4-6-8-11/h4-8,10,12,17H,9H2,1-3H3,(H,15,16). The molecule has 0 aromatic heterocycles. The number of rotatable bonds is 6. The average Bonchev–Trinajstić information content (AvgIpc) is 2.35. The number of carboxylic acids is 1. The predicted octanol–water partition coefficient (Wildman–Crippen LogP) is 1.89. The molecular weight excluding hydrogens is 232 g/mol. The predicted molar refractivity (Wildman–Crippen MR) is 68.5 cm³/mol. The molecule has 0 saturated heterocycles. The highest BCUT2D eigenvalue weighted by Gasteiger charge is 2.47. The van der Waals surface area contributed by atoms with E-state index in [-0.39, 0.29) is 6.61 Å². The smallest absolute Gasteiger partial charge is 0.336 e. The quantitative estimate of drug-likeness (QED) is 0.811. The first kappa shape index (κ1) is 14.7. The zero-order valence-electron chi connectivity index (χ0n) is 11.0. The maximum absolute atomic E-state index is 11.4. The Labute approximate surface area is 107 Å². The molecular formula is C14H20O4. The minimum Gasteiger partial charge on any atom is -0.479 e. The van der Waals surface area contributed by atoms with Crippen LogP contribution in [0.3, 0.4) is 0 Å². The van der Waals surface area contributed by atoms with E-state index >= 15 is 0 Å². The van der Waals surface area contributed by atoms with Crippen molar-refractivity contribution in [3.63, 3.8) is 0 Å². The van der Waals surface area contributed by atoms with Crippen molar-refractivity contribution < 1.29 is 19.7 Å². The molecule has 0 spiro atoms. The monoisotopic (exact) mass is 252 g/mol. The summed E-state index contributed by atoms with van der Waals surface area (Å²) in [6.45, 7) is 3.55. The summed E-state index contributed by atoms with van der Waals surface area (Å²) < 4.78 is 5.08. The lowest BCUT2D eigenvalue weighted by Crippen LogP contribution is -2.50. The molecule has 0 heterocycles. The Hall–Kier alpha value is -1.39. The molecule has 0 saturated carbocycles. The third-order valence-corrected chi connectivity index (χ3v) is 3.29. The lowest BCUT2D eigenvalue weighted by molar-refractivity contribution is -0.169. The molecule has 1 rings (SSSR count). The summed E-state index contributed by atoms with van der Waals surface area (Å²) >= 11 is 0. The van der Waals surface area contributed by atoms with E-state index in [2.05, 4.69) is 0 Å². The molecule has 0 fully saturated rings. The summed E-state index contributed by atoms with van der Waals surface area (Å²) in [4.78, 5) is 11.4. The maximum atomic E-state index is 11.4. The van der Waals surface area contributed by atoms with Gasteiger partial charge in [0.1, 0.15) is 0 Å². The second-order valence-electron chi connectivity index (χ2n) is 4.70. The van der Waals surface area contributed by atoms with Crippen molar-refractivity contribution >= 4 is 5.97 Å². The molecule has 0 aliphatic rings. The summed E-state index contributed by atoms with van der Waals surface area (Å²) in [7, 11) is 1.50. The van der Waals surface area contributed by atoms with E-state index in [0.717, 1.165) is 5.56 Å². The Morgan fingerprint density at radius 2 is 1.89 bits per heavy atom. The number of hydrogen-bond donors (Lipinski definition) is 2. The van der Waals surface area contributed by atoms with Gasteiger partial charge in [-0.2, -0.15) is 0 Å². The number of benzene rings is 1. The molecule has 2 atom stereocenters. The zero-order chi connectivity index (χ0) is 13.8. The van der Waals surface area contributed by atoms with Gasteiger partial charge in [0, 0.05) is 13.0 Å². The van der Waals surface area contributed by atoms with E-state index in [4.69, 9.17) is 4.74 Å². The summed E-state index contributed by atoms with van der Waals surface area (Å²) in [5, 5.41) is 19.9. The first-order valence-electron chi connectivity index (χ1n) is 5.94. The van der Waals surface area contributed by atoms with Crippen LogP contribution in [-0.4, -0.2) is 35.5 Å². The van der Waals surface area contributed by atoms with Crippen LogP contribution in [0.25, 0.3) is 0 Å². The number of carbonyl (C=O) groups is 1. The van der Waals surface area contributed by atoms with Crippen molar-refractivity contribution in [2.24, 2.45) is 5.92 Å². The highest BCUT2D eigenvalue weighted by molar-refractivity contribution is 5.79. The van der Waals surface area contributed by atoms with Crippen LogP contribution in [0.1, 0.15) is 25.3 Å². The van der Waals surface area contributed by atoms with Gasteiger partial charge < -0.3 is 14.9 Å². The third-order valence-electron chi connectivity index (χ3n) is 3.29. The Bertz CT molecular complexity index is 388. The SMILES string of the molecule is COCC(c1ccccc1)C(O)(C(=O)O)C(C)C. The van der Waals surface area contributed by atoms with E-state index in [1.165, 1.54) is 7.11 Å². The third kappa shape index (κ3) is 2.71. The molecule has 0 amide bonds. The minimum atomic E-state index is -1.84. The molecule has 0 bridgehead atoms. The zero-order valence-corrected chi connectivity index (χ0v) is 11.0. The molecule has 1 aromatic rings. The highest BCUT2D eigenvalue weighted by atomic mass is 16.5. The summed E-state index contributed by atoms with van der Waals surface area (Å²) in [5.41, 5.74) is -1.07. The van der Waals surface area contributed by atoms with Gasteiger partial charge in [0.2, 0.25) is 0 Å². The van der Waals surface area contributed by atoms with Crippen molar-refractivity contribution in [2.75, 3.05) is 13.7 Å². The largest absolute Gasteiger partial charge is 0.479 e. The van der Waals surface area contributed by atoms with Gasteiger partial charge in [0.15, 0.2) is 5.60 Å². The Balaban J connectivity index is 3.22. The fourth-order valence-corrected chi connectivity index (χ4v) is 2.13. The van der Waals surface area contributed by atoms with Crippen molar-refractivity contribution in [3.05, 3.63) is 35.9 Å². The van der Waals surface area contributed by atoms with Crippen LogP contribution in [0.5, 0.6) is 0 Å². The summed E-state index contributed by atoms with van der Waals surface area (Å²) in [6, 6.07) is 9.10. The number of aliphatic hydroxyl groups is 1. The molecule has 0 radical (unpaired) electrons. The summed E-state index contributed by atoms with van der Waals surface area (Å²) in [6.07, 6.45) is 0. The summed E-state index contributed by atoms with van der Waals surface area (Å²) in [5.74, 6) is -2.24. The second kappa shape index (κ2) is 5.98.